The maximum Gasteiger partial charge on any atom is 0.0671 e. The van der Waals surface area contributed by atoms with E-state index in [0.29, 0.717) is 48.8 Å². The fraction of sp³-hybridized carbons (Fsp3) is 1.00. The minimum Gasteiger partial charge on any atom is -0.374 e. The molecule has 222 valence electrons. The van der Waals surface area contributed by atoms with Gasteiger partial charge in [0.2, 0.25) is 0 Å². The number of hydrogen-bond donors (Lipinski definition) is 0. The highest BCUT2D eigenvalue weighted by atomic mass is 31.1. The van der Waals surface area contributed by atoms with Crippen molar-refractivity contribution in [2.75, 3.05) is 0 Å². The minimum absolute atomic E-state index is 0.0189. The van der Waals surface area contributed by atoms with E-state index < -0.39 is 0 Å². The second kappa shape index (κ2) is 10.1. The lowest BCUT2D eigenvalue weighted by Crippen LogP contribution is -2.63. The van der Waals surface area contributed by atoms with Gasteiger partial charge < -0.3 is 18.9 Å². The van der Waals surface area contributed by atoms with E-state index in [-0.39, 0.29) is 15.8 Å². The molecule has 6 aliphatic carbocycles. The molecule has 4 aliphatic heterocycles. The van der Waals surface area contributed by atoms with E-state index in [2.05, 4.69) is 0 Å². The first-order valence-electron chi connectivity index (χ1n) is 18.0. The maximum absolute atomic E-state index is 7.24. The Kier molecular flexibility index (Phi) is 6.56. The Bertz CT molecular complexity index is 904. The summed E-state index contributed by atoms with van der Waals surface area (Å²) in [5.74, 6) is 1.79. The molecule has 40 heavy (non-hydrogen) atoms. The van der Waals surface area contributed by atoms with E-state index in [4.69, 9.17) is 18.9 Å². The highest BCUT2D eigenvalue weighted by Crippen LogP contribution is 2.72. The Balaban J connectivity index is 0.951. The van der Waals surface area contributed by atoms with Crippen LogP contribution in [0.2, 0.25) is 0 Å². The van der Waals surface area contributed by atoms with Crippen LogP contribution in [0.1, 0.15) is 116 Å². The first kappa shape index (κ1) is 26.0. The van der Waals surface area contributed by atoms with Crippen LogP contribution < -0.4 is 0 Å². The second-order valence-corrected chi connectivity index (χ2v) is 21.5. The molecule has 10 aliphatic rings. The smallest absolute Gasteiger partial charge is 0.0671 e. The normalized spacial score (nSPS) is 61.8. The van der Waals surface area contributed by atoms with Crippen LogP contribution in [0.5, 0.6) is 0 Å². The van der Waals surface area contributed by atoms with E-state index >= 15 is 0 Å². The first-order chi connectivity index (χ1) is 19.8. The Hall–Kier alpha value is 0.700. The summed E-state index contributed by atoms with van der Waals surface area (Å²) in [4.78, 5) is 0. The largest absolute Gasteiger partial charge is 0.374 e. The van der Waals surface area contributed by atoms with Crippen molar-refractivity contribution in [2.45, 2.75) is 198 Å². The van der Waals surface area contributed by atoms with Gasteiger partial charge in [0.15, 0.2) is 0 Å². The predicted molar refractivity (Wildman–Crippen MR) is 161 cm³/mol. The average Bonchev–Trinajstić information content (AvgIpc) is 2.99. The zero-order valence-corrected chi connectivity index (χ0v) is 26.3. The summed E-state index contributed by atoms with van der Waals surface area (Å²) in [6, 6.07) is 0. The Morgan fingerprint density at radius 3 is 1.15 bits per heavy atom. The second-order valence-electron chi connectivity index (χ2n) is 15.9. The zero-order valence-electron chi connectivity index (χ0n) is 24.5. The van der Waals surface area contributed by atoms with E-state index in [1.54, 1.807) is 0 Å². The summed E-state index contributed by atoms with van der Waals surface area (Å²) in [5.41, 5.74) is 5.01. The van der Waals surface area contributed by atoms with Crippen molar-refractivity contribution in [2.24, 2.45) is 11.8 Å². The molecule has 10 rings (SSSR count). The lowest BCUT2D eigenvalue weighted by atomic mass is 9.68. The fourth-order valence-electron chi connectivity index (χ4n) is 12.7. The van der Waals surface area contributed by atoms with Crippen molar-refractivity contribution in [1.82, 2.24) is 0 Å². The summed E-state index contributed by atoms with van der Waals surface area (Å²) >= 11 is 0. The zero-order chi connectivity index (χ0) is 25.9. The summed E-state index contributed by atoms with van der Waals surface area (Å²) in [7, 11) is 0.0378. The molecule has 0 bridgehead atoms. The Labute approximate surface area is 244 Å². The standard InChI is InChI=1S/C34H52O4P2/c1-3-13-29-21(7-1)35-23-9-5-11-25-33(23)39(29)31-17-19-16-28-32(18-20(19)15-27(31)37-25)40-30-14-4-2-8-22(30)36-24-10-6-12-26(38-28)34(24)40/h19-34H,1-18H2. The first-order valence-corrected chi connectivity index (χ1v) is 21.1. The third-order valence-corrected chi connectivity index (χ3v) is 22.2. The average molecular weight is 587 g/mol. The van der Waals surface area contributed by atoms with Gasteiger partial charge >= 0.3 is 0 Å². The molecule has 10 fully saturated rings. The van der Waals surface area contributed by atoms with Gasteiger partial charge in [0.05, 0.1) is 48.8 Å². The van der Waals surface area contributed by atoms with E-state index in [1.807, 2.05) is 0 Å². The molecule has 0 radical (unpaired) electrons. The molecule has 6 heteroatoms. The minimum atomic E-state index is 0.0189. The third-order valence-electron chi connectivity index (χ3n) is 14.1. The number of hydrogen-bond acceptors (Lipinski definition) is 4. The summed E-state index contributed by atoms with van der Waals surface area (Å²) in [6.07, 6.45) is 29.3. The van der Waals surface area contributed by atoms with Gasteiger partial charge in [0.1, 0.15) is 0 Å². The number of ether oxygens (including phenoxy) is 4. The number of fused-ring (bicyclic) bond motifs is 9. The summed E-state index contributed by atoms with van der Waals surface area (Å²) in [6.45, 7) is 0. The fourth-order valence-corrected chi connectivity index (χ4v) is 22.2. The van der Waals surface area contributed by atoms with Crippen LogP contribution >= 0.6 is 15.8 Å². The molecule has 18 atom stereocenters. The monoisotopic (exact) mass is 586 g/mol. The lowest BCUT2D eigenvalue weighted by molar-refractivity contribution is -0.144. The third kappa shape index (κ3) is 3.90. The van der Waals surface area contributed by atoms with Gasteiger partial charge in [-0.25, -0.2) is 0 Å². The van der Waals surface area contributed by atoms with Crippen molar-refractivity contribution in [3.8, 4) is 0 Å². The summed E-state index contributed by atoms with van der Waals surface area (Å²) < 4.78 is 28.3. The van der Waals surface area contributed by atoms with E-state index in [9.17, 15) is 0 Å². The van der Waals surface area contributed by atoms with Crippen LogP contribution in [0.25, 0.3) is 0 Å². The van der Waals surface area contributed by atoms with Gasteiger partial charge in [-0.1, -0.05) is 41.5 Å². The molecule has 4 nitrogen and oxygen atoms in total. The Morgan fingerprint density at radius 1 is 0.325 bits per heavy atom. The molecule has 0 spiro atoms. The highest BCUT2D eigenvalue weighted by Gasteiger charge is 2.62. The molecular formula is C34H52O4P2. The van der Waals surface area contributed by atoms with Gasteiger partial charge in [-0.15, -0.1) is 0 Å². The topological polar surface area (TPSA) is 36.9 Å². The van der Waals surface area contributed by atoms with Gasteiger partial charge in [0.25, 0.3) is 0 Å². The van der Waals surface area contributed by atoms with Gasteiger partial charge in [-0.2, -0.15) is 0 Å². The van der Waals surface area contributed by atoms with Crippen molar-refractivity contribution in [3.05, 3.63) is 0 Å². The summed E-state index contributed by atoms with van der Waals surface area (Å²) in [5, 5.41) is 0. The molecule has 18 unspecified atom stereocenters. The van der Waals surface area contributed by atoms with Crippen molar-refractivity contribution >= 4 is 15.8 Å². The molecule has 0 amide bonds. The molecule has 6 saturated carbocycles. The predicted octanol–water partition coefficient (Wildman–Crippen LogP) is 7.57. The molecule has 0 aromatic heterocycles. The molecule has 4 saturated heterocycles. The SMILES string of the molecule is C1CCC2C(C1)OC1CCCC3OC4CC5CC6C(CC5CC4P2C13)OC1CCCC2OC3CCCCC3P6C21. The van der Waals surface area contributed by atoms with Crippen LogP contribution in [0, 0.1) is 11.8 Å². The van der Waals surface area contributed by atoms with E-state index in [1.165, 1.54) is 116 Å². The molecule has 0 aromatic rings. The van der Waals surface area contributed by atoms with Crippen LogP contribution in [-0.4, -0.2) is 82.8 Å². The number of rotatable bonds is 0. The molecule has 0 N–H and O–H groups in total. The maximum atomic E-state index is 7.24. The van der Waals surface area contributed by atoms with E-state index in [0.717, 1.165) is 45.8 Å². The lowest BCUT2D eigenvalue weighted by Gasteiger charge is -2.65. The van der Waals surface area contributed by atoms with Gasteiger partial charge in [0, 0.05) is 34.0 Å². The molecule has 0 aromatic carbocycles. The molecule has 4 heterocycles. The van der Waals surface area contributed by atoms with Crippen molar-refractivity contribution in [3.63, 3.8) is 0 Å². The van der Waals surface area contributed by atoms with Crippen LogP contribution in [-0.2, 0) is 18.9 Å². The molecular weight excluding hydrogens is 534 g/mol. The highest BCUT2D eigenvalue weighted by molar-refractivity contribution is 7.60. The van der Waals surface area contributed by atoms with Gasteiger partial charge in [-0.05, 0) is 102 Å². The quantitative estimate of drug-likeness (QED) is 0.275. The van der Waals surface area contributed by atoms with Gasteiger partial charge in [-0.3, -0.25) is 0 Å². The van der Waals surface area contributed by atoms with Crippen molar-refractivity contribution in [1.29, 1.82) is 0 Å². The van der Waals surface area contributed by atoms with Crippen molar-refractivity contribution < 1.29 is 18.9 Å². The van der Waals surface area contributed by atoms with Crippen LogP contribution in [0.3, 0.4) is 0 Å². The van der Waals surface area contributed by atoms with Crippen LogP contribution in [0.4, 0.5) is 0 Å². The van der Waals surface area contributed by atoms with Crippen LogP contribution in [0.15, 0.2) is 0 Å². The Morgan fingerprint density at radius 2 is 0.700 bits per heavy atom.